The Morgan fingerprint density at radius 1 is 1.10 bits per heavy atom. The van der Waals surface area contributed by atoms with Gasteiger partial charge in [-0.1, -0.05) is 31.9 Å². The summed E-state index contributed by atoms with van der Waals surface area (Å²) in [5.41, 5.74) is 3.64. The van der Waals surface area contributed by atoms with Crippen LogP contribution in [0.3, 0.4) is 0 Å². The molecule has 21 heavy (non-hydrogen) atoms. The molecule has 114 valence electrons. The van der Waals surface area contributed by atoms with E-state index in [0.29, 0.717) is 11.2 Å². The lowest BCUT2D eigenvalue weighted by atomic mass is 9.48. The molecule has 0 radical (unpaired) electrons. The van der Waals surface area contributed by atoms with Crippen molar-refractivity contribution in [2.24, 2.45) is 28.6 Å². The molecule has 1 heteroatoms. The van der Waals surface area contributed by atoms with Crippen LogP contribution in [0, 0.1) is 28.6 Å². The van der Waals surface area contributed by atoms with Crippen molar-refractivity contribution in [3.8, 4) is 0 Å². The van der Waals surface area contributed by atoms with Gasteiger partial charge in [-0.15, -0.1) is 0 Å². The molecule has 0 aromatic heterocycles. The second-order valence-electron chi connectivity index (χ2n) is 8.67. The van der Waals surface area contributed by atoms with Crippen LogP contribution < -0.4 is 0 Å². The fourth-order valence-electron chi connectivity index (χ4n) is 6.40. The second kappa shape index (κ2) is 4.33. The first kappa shape index (κ1) is 13.8. The molecule has 0 aromatic rings. The van der Waals surface area contributed by atoms with Gasteiger partial charge in [0.2, 0.25) is 0 Å². The first-order valence-corrected chi connectivity index (χ1v) is 8.88. The van der Waals surface area contributed by atoms with Crippen molar-refractivity contribution >= 4 is 5.78 Å². The van der Waals surface area contributed by atoms with Gasteiger partial charge in [0, 0.05) is 6.42 Å². The molecule has 4 rings (SSSR count). The number of rotatable bonds is 0. The van der Waals surface area contributed by atoms with Gasteiger partial charge >= 0.3 is 0 Å². The Morgan fingerprint density at radius 2 is 1.90 bits per heavy atom. The maximum Gasteiger partial charge on any atom is 0.156 e. The van der Waals surface area contributed by atoms with Crippen LogP contribution in [0.2, 0.25) is 0 Å². The molecule has 0 aliphatic heterocycles. The van der Waals surface area contributed by atoms with Gasteiger partial charge in [-0.25, -0.2) is 0 Å². The lowest BCUT2D eigenvalue weighted by molar-refractivity contribution is -0.116. The molecular weight excluding hydrogens is 256 g/mol. The van der Waals surface area contributed by atoms with Gasteiger partial charge in [-0.05, 0) is 79.3 Å². The molecule has 0 N–H and O–H groups in total. The van der Waals surface area contributed by atoms with Crippen LogP contribution in [0.4, 0.5) is 0 Å². The van der Waals surface area contributed by atoms with Crippen LogP contribution >= 0.6 is 0 Å². The molecule has 4 aliphatic rings. The van der Waals surface area contributed by atoms with E-state index >= 15 is 0 Å². The van der Waals surface area contributed by atoms with Gasteiger partial charge < -0.3 is 0 Å². The summed E-state index contributed by atoms with van der Waals surface area (Å²) in [5.74, 6) is 2.77. The largest absolute Gasteiger partial charge is 0.295 e. The normalized spacial score (nSPS) is 48.9. The Balaban J connectivity index is 1.81. The average Bonchev–Trinajstić information content (AvgIpc) is 2.83. The molecule has 5 atom stereocenters. The van der Waals surface area contributed by atoms with E-state index in [1.807, 2.05) is 6.08 Å². The number of hydrogen-bond donors (Lipinski definition) is 0. The minimum atomic E-state index is 0.265. The Hall–Kier alpha value is -0.850. The van der Waals surface area contributed by atoms with Crippen molar-refractivity contribution < 1.29 is 4.79 Å². The first-order chi connectivity index (χ1) is 9.94. The van der Waals surface area contributed by atoms with Gasteiger partial charge in [-0.3, -0.25) is 4.79 Å². The van der Waals surface area contributed by atoms with Crippen LogP contribution in [0.15, 0.2) is 23.3 Å². The SMILES string of the molecule is CC1=CC2C3CCC[C@@]3(C)CCC2[C@@]2(C)CCC(=O)C=C12. The molecular formula is C20H28O. The third kappa shape index (κ3) is 1.79. The molecule has 0 heterocycles. The second-order valence-corrected chi connectivity index (χ2v) is 8.67. The number of carbonyl (C=O) groups excluding carboxylic acids is 1. The van der Waals surface area contributed by atoms with E-state index in [1.54, 1.807) is 0 Å². The summed E-state index contributed by atoms with van der Waals surface area (Å²) >= 11 is 0. The fourth-order valence-corrected chi connectivity index (χ4v) is 6.40. The minimum absolute atomic E-state index is 0.265. The summed E-state index contributed by atoms with van der Waals surface area (Å²) in [4.78, 5) is 11.9. The monoisotopic (exact) mass is 284 g/mol. The Labute approximate surface area is 128 Å². The molecule has 0 aromatic carbocycles. The van der Waals surface area contributed by atoms with Gasteiger partial charge in [0.25, 0.3) is 0 Å². The highest BCUT2D eigenvalue weighted by molar-refractivity contribution is 5.92. The van der Waals surface area contributed by atoms with Gasteiger partial charge in [0.05, 0.1) is 0 Å². The van der Waals surface area contributed by atoms with E-state index in [4.69, 9.17) is 0 Å². The molecule has 0 spiro atoms. The molecule has 0 bridgehead atoms. The van der Waals surface area contributed by atoms with Crippen molar-refractivity contribution in [2.45, 2.75) is 65.7 Å². The quantitative estimate of drug-likeness (QED) is 0.606. The standard InChI is InChI=1S/C20H28O/c1-13-11-15-16-5-4-8-19(16,2)9-7-17(15)20(3)10-6-14(21)12-18(13)20/h11-12,15-17H,4-10H2,1-3H3/t15?,16?,17?,19-,20+/m0/s1. The fraction of sp³-hybridized carbons (Fsp3) is 0.750. The van der Waals surface area contributed by atoms with Crippen LogP contribution in [-0.4, -0.2) is 5.78 Å². The zero-order chi connectivity index (χ0) is 14.8. The molecule has 2 fully saturated rings. The summed E-state index contributed by atoms with van der Waals surface area (Å²) in [7, 11) is 0. The Bertz CT molecular complexity index is 554. The van der Waals surface area contributed by atoms with E-state index in [-0.39, 0.29) is 5.41 Å². The predicted octanol–water partition coefficient (Wildman–Crippen LogP) is 5.07. The van der Waals surface area contributed by atoms with Crippen molar-refractivity contribution in [2.75, 3.05) is 0 Å². The average molecular weight is 284 g/mol. The van der Waals surface area contributed by atoms with Crippen LogP contribution in [0.5, 0.6) is 0 Å². The highest BCUT2D eigenvalue weighted by Gasteiger charge is 2.55. The smallest absolute Gasteiger partial charge is 0.156 e. The summed E-state index contributed by atoms with van der Waals surface area (Å²) in [6.07, 6.45) is 13.4. The van der Waals surface area contributed by atoms with Crippen molar-refractivity contribution in [1.29, 1.82) is 0 Å². The van der Waals surface area contributed by atoms with Crippen molar-refractivity contribution in [3.63, 3.8) is 0 Å². The molecule has 0 saturated heterocycles. The minimum Gasteiger partial charge on any atom is -0.295 e. The van der Waals surface area contributed by atoms with Gasteiger partial charge in [-0.2, -0.15) is 0 Å². The summed E-state index contributed by atoms with van der Waals surface area (Å²) < 4.78 is 0. The van der Waals surface area contributed by atoms with E-state index in [0.717, 1.165) is 30.6 Å². The van der Waals surface area contributed by atoms with Crippen molar-refractivity contribution in [1.82, 2.24) is 0 Å². The zero-order valence-corrected chi connectivity index (χ0v) is 13.7. The van der Waals surface area contributed by atoms with E-state index in [9.17, 15) is 4.79 Å². The van der Waals surface area contributed by atoms with Gasteiger partial charge in [0.15, 0.2) is 5.78 Å². The lowest BCUT2D eigenvalue weighted by Crippen LogP contribution is -2.48. The van der Waals surface area contributed by atoms with E-state index in [1.165, 1.54) is 43.3 Å². The Kier molecular flexibility index (Phi) is 2.85. The number of ketones is 1. The third-order valence-electron chi connectivity index (χ3n) is 7.61. The van der Waals surface area contributed by atoms with E-state index in [2.05, 4.69) is 26.8 Å². The zero-order valence-electron chi connectivity index (χ0n) is 13.7. The molecule has 2 saturated carbocycles. The highest BCUT2D eigenvalue weighted by Crippen LogP contribution is 2.64. The highest BCUT2D eigenvalue weighted by atomic mass is 16.1. The number of fused-ring (bicyclic) bond motifs is 5. The molecule has 4 aliphatic carbocycles. The summed E-state index contributed by atoms with van der Waals surface area (Å²) in [6, 6.07) is 0. The molecule has 3 unspecified atom stereocenters. The first-order valence-electron chi connectivity index (χ1n) is 8.88. The number of hydrogen-bond acceptors (Lipinski definition) is 1. The predicted molar refractivity (Wildman–Crippen MR) is 85.9 cm³/mol. The summed E-state index contributed by atoms with van der Waals surface area (Å²) in [6.45, 7) is 7.25. The molecule has 1 nitrogen and oxygen atoms in total. The molecule has 0 amide bonds. The number of allylic oxidation sites excluding steroid dienone is 4. The summed E-state index contributed by atoms with van der Waals surface area (Å²) in [5, 5.41) is 0. The topological polar surface area (TPSA) is 17.1 Å². The van der Waals surface area contributed by atoms with Crippen LogP contribution in [0.1, 0.15) is 65.7 Å². The van der Waals surface area contributed by atoms with Crippen LogP contribution in [-0.2, 0) is 4.79 Å². The van der Waals surface area contributed by atoms with Crippen LogP contribution in [0.25, 0.3) is 0 Å². The lowest BCUT2D eigenvalue weighted by Gasteiger charge is -2.56. The maximum atomic E-state index is 11.9. The Morgan fingerprint density at radius 3 is 2.71 bits per heavy atom. The van der Waals surface area contributed by atoms with E-state index < -0.39 is 0 Å². The van der Waals surface area contributed by atoms with Crippen molar-refractivity contribution in [3.05, 3.63) is 23.3 Å². The third-order valence-corrected chi connectivity index (χ3v) is 7.61. The maximum absolute atomic E-state index is 11.9. The number of carbonyl (C=O) groups is 1. The van der Waals surface area contributed by atoms with Gasteiger partial charge in [0.1, 0.15) is 0 Å².